The lowest BCUT2D eigenvalue weighted by molar-refractivity contribution is 0.0947. The van der Waals surface area contributed by atoms with Crippen LogP contribution in [0.5, 0.6) is 0 Å². The van der Waals surface area contributed by atoms with Crippen molar-refractivity contribution < 1.29 is 4.79 Å². The Morgan fingerprint density at radius 3 is 2.61 bits per heavy atom. The Hall–Kier alpha value is -0.800. The minimum Gasteiger partial charge on any atom is -0.349 e. The predicted octanol–water partition coefficient (Wildman–Crippen LogP) is 3.51. The van der Waals surface area contributed by atoms with E-state index >= 15 is 0 Å². The van der Waals surface area contributed by atoms with Crippen LogP contribution in [-0.4, -0.2) is 22.8 Å². The molecule has 1 aromatic rings. The summed E-state index contributed by atoms with van der Waals surface area (Å²) in [4.78, 5) is 15.7. The summed E-state index contributed by atoms with van der Waals surface area (Å²) in [6, 6.07) is 3.22. The van der Waals surface area contributed by atoms with Gasteiger partial charge in [0.1, 0.15) is 5.69 Å². The van der Waals surface area contributed by atoms with Crippen LogP contribution in [0.25, 0.3) is 0 Å². The van der Waals surface area contributed by atoms with Crippen molar-refractivity contribution in [3.8, 4) is 0 Å². The number of hydrogen-bond acceptors (Lipinski definition) is 2. The second kappa shape index (κ2) is 6.39. The SMILES string of the molecule is CC(C)(C)CC(Cl)CNC(=O)c1ccc(Cl)cn1. The fourth-order valence-corrected chi connectivity index (χ4v) is 2.19. The molecule has 1 rings (SSSR count). The van der Waals surface area contributed by atoms with Crippen LogP contribution in [0.4, 0.5) is 0 Å². The Labute approximate surface area is 118 Å². The highest BCUT2D eigenvalue weighted by molar-refractivity contribution is 6.30. The first kappa shape index (κ1) is 15.3. The Bertz CT molecular complexity index is 398. The van der Waals surface area contributed by atoms with Crippen LogP contribution in [0, 0.1) is 5.41 Å². The van der Waals surface area contributed by atoms with Gasteiger partial charge in [-0.15, -0.1) is 11.6 Å². The molecule has 1 unspecified atom stereocenters. The van der Waals surface area contributed by atoms with Crippen LogP contribution in [0.2, 0.25) is 5.02 Å². The molecule has 1 amide bonds. The van der Waals surface area contributed by atoms with Crippen LogP contribution in [0.15, 0.2) is 18.3 Å². The Balaban J connectivity index is 2.44. The van der Waals surface area contributed by atoms with E-state index < -0.39 is 0 Å². The largest absolute Gasteiger partial charge is 0.349 e. The number of halogens is 2. The van der Waals surface area contributed by atoms with Gasteiger partial charge >= 0.3 is 0 Å². The van der Waals surface area contributed by atoms with Gasteiger partial charge < -0.3 is 5.32 Å². The number of nitrogens with one attached hydrogen (secondary N) is 1. The van der Waals surface area contributed by atoms with Crippen molar-refractivity contribution >= 4 is 29.1 Å². The number of pyridine rings is 1. The number of carbonyl (C=O) groups excluding carboxylic acids is 1. The molecule has 1 heterocycles. The van der Waals surface area contributed by atoms with Crippen molar-refractivity contribution in [3.63, 3.8) is 0 Å². The summed E-state index contributed by atoms with van der Waals surface area (Å²) >= 11 is 11.9. The Morgan fingerprint density at radius 1 is 1.44 bits per heavy atom. The molecule has 18 heavy (non-hydrogen) atoms. The van der Waals surface area contributed by atoms with E-state index in [9.17, 15) is 4.79 Å². The Kier molecular flexibility index (Phi) is 5.42. The molecule has 100 valence electrons. The molecule has 0 spiro atoms. The normalized spacial score (nSPS) is 13.2. The summed E-state index contributed by atoms with van der Waals surface area (Å²) in [6.07, 6.45) is 2.28. The molecule has 1 atom stereocenters. The van der Waals surface area contributed by atoms with Gasteiger partial charge in [0.15, 0.2) is 0 Å². The third-order valence-electron chi connectivity index (χ3n) is 2.28. The Morgan fingerprint density at radius 2 is 2.11 bits per heavy atom. The maximum Gasteiger partial charge on any atom is 0.269 e. The minimum absolute atomic E-state index is 0.0822. The molecule has 0 radical (unpaired) electrons. The summed E-state index contributed by atoms with van der Waals surface area (Å²) in [5.41, 5.74) is 0.495. The summed E-state index contributed by atoms with van der Waals surface area (Å²) in [6.45, 7) is 6.78. The zero-order chi connectivity index (χ0) is 13.8. The summed E-state index contributed by atoms with van der Waals surface area (Å²) in [7, 11) is 0. The van der Waals surface area contributed by atoms with E-state index in [1.165, 1.54) is 6.20 Å². The fraction of sp³-hybridized carbons (Fsp3) is 0.538. The molecule has 0 fully saturated rings. The lowest BCUT2D eigenvalue weighted by Gasteiger charge is -2.21. The number of rotatable bonds is 4. The van der Waals surface area contributed by atoms with Crippen molar-refractivity contribution in [3.05, 3.63) is 29.0 Å². The van der Waals surface area contributed by atoms with Crippen LogP contribution in [0.1, 0.15) is 37.7 Å². The smallest absolute Gasteiger partial charge is 0.269 e. The molecule has 1 aromatic heterocycles. The maximum atomic E-state index is 11.8. The lowest BCUT2D eigenvalue weighted by atomic mass is 9.90. The van der Waals surface area contributed by atoms with Gasteiger partial charge in [0.25, 0.3) is 5.91 Å². The van der Waals surface area contributed by atoms with Crippen LogP contribution < -0.4 is 5.32 Å². The van der Waals surface area contributed by atoms with E-state index in [0.29, 0.717) is 17.3 Å². The topological polar surface area (TPSA) is 42.0 Å². The summed E-state index contributed by atoms with van der Waals surface area (Å²) in [5, 5.41) is 3.19. The van der Waals surface area contributed by atoms with Gasteiger partial charge in [-0.25, -0.2) is 4.98 Å². The monoisotopic (exact) mass is 288 g/mol. The van der Waals surface area contributed by atoms with Crippen molar-refractivity contribution in [2.45, 2.75) is 32.6 Å². The quantitative estimate of drug-likeness (QED) is 0.862. The van der Waals surface area contributed by atoms with Crippen LogP contribution in [-0.2, 0) is 0 Å². The molecule has 0 saturated heterocycles. The molecule has 0 bridgehead atoms. The average Bonchev–Trinajstić information content (AvgIpc) is 2.24. The van der Waals surface area contributed by atoms with E-state index in [1.54, 1.807) is 12.1 Å². The van der Waals surface area contributed by atoms with E-state index in [0.717, 1.165) is 6.42 Å². The minimum atomic E-state index is -0.230. The number of alkyl halides is 1. The standard InChI is InChI=1S/C13H18Cl2N2O/c1-13(2,3)6-10(15)8-17-12(18)11-5-4-9(14)7-16-11/h4-5,7,10H,6,8H2,1-3H3,(H,17,18). The first-order chi connectivity index (χ1) is 8.28. The third kappa shape index (κ3) is 5.69. The van der Waals surface area contributed by atoms with E-state index in [2.05, 4.69) is 31.1 Å². The highest BCUT2D eigenvalue weighted by atomic mass is 35.5. The molecular formula is C13H18Cl2N2O. The molecule has 0 saturated carbocycles. The molecule has 0 aromatic carbocycles. The van der Waals surface area contributed by atoms with E-state index in [1.807, 2.05) is 0 Å². The molecular weight excluding hydrogens is 271 g/mol. The van der Waals surface area contributed by atoms with Gasteiger partial charge in [-0.2, -0.15) is 0 Å². The maximum absolute atomic E-state index is 11.8. The molecule has 0 aliphatic heterocycles. The van der Waals surface area contributed by atoms with Crippen LogP contribution >= 0.6 is 23.2 Å². The van der Waals surface area contributed by atoms with Crippen molar-refractivity contribution in [2.75, 3.05) is 6.54 Å². The molecule has 1 N–H and O–H groups in total. The van der Waals surface area contributed by atoms with E-state index in [-0.39, 0.29) is 16.7 Å². The zero-order valence-corrected chi connectivity index (χ0v) is 12.3. The van der Waals surface area contributed by atoms with Crippen LogP contribution in [0.3, 0.4) is 0 Å². The van der Waals surface area contributed by atoms with Gasteiger partial charge in [-0.3, -0.25) is 4.79 Å². The molecule has 3 nitrogen and oxygen atoms in total. The number of carbonyl (C=O) groups is 1. The van der Waals surface area contributed by atoms with Crippen molar-refractivity contribution in [2.24, 2.45) is 5.41 Å². The van der Waals surface area contributed by atoms with Gasteiger partial charge in [0.2, 0.25) is 0 Å². The van der Waals surface area contributed by atoms with Gasteiger partial charge in [0.05, 0.1) is 10.4 Å². The summed E-state index contributed by atoms with van der Waals surface area (Å²) in [5.74, 6) is -0.230. The molecule has 0 aliphatic carbocycles. The summed E-state index contributed by atoms with van der Waals surface area (Å²) < 4.78 is 0. The highest BCUT2D eigenvalue weighted by Gasteiger charge is 2.17. The molecule has 0 aliphatic rings. The fourth-order valence-electron chi connectivity index (χ4n) is 1.54. The van der Waals surface area contributed by atoms with Crippen molar-refractivity contribution in [1.29, 1.82) is 0 Å². The second-order valence-electron chi connectivity index (χ2n) is 5.43. The highest BCUT2D eigenvalue weighted by Crippen LogP contribution is 2.23. The number of hydrogen-bond donors (Lipinski definition) is 1. The second-order valence-corrected chi connectivity index (χ2v) is 6.49. The van der Waals surface area contributed by atoms with Crippen molar-refractivity contribution in [1.82, 2.24) is 10.3 Å². The number of amides is 1. The first-order valence-electron chi connectivity index (χ1n) is 5.82. The number of aromatic nitrogens is 1. The lowest BCUT2D eigenvalue weighted by Crippen LogP contribution is -2.32. The number of nitrogens with zero attached hydrogens (tertiary/aromatic N) is 1. The molecule has 5 heteroatoms. The van der Waals surface area contributed by atoms with Gasteiger partial charge in [0, 0.05) is 12.7 Å². The van der Waals surface area contributed by atoms with E-state index in [4.69, 9.17) is 23.2 Å². The first-order valence-corrected chi connectivity index (χ1v) is 6.63. The third-order valence-corrected chi connectivity index (χ3v) is 2.81. The zero-order valence-electron chi connectivity index (χ0n) is 10.8. The average molecular weight is 289 g/mol. The van der Waals surface area contributed by atoms with Gasteiger partial charge in [-0.1, -0.05) is 32.4 Å². The predicted molar refractivity (Wildman–Crippen MR) is 75.3 cm³/mol. The van der Waals surface area contributed by atoms with Gasteiger partial charge in [-0.05, 0) is 24.0 Å².